The van der Waals surface area contributed by atoms with Crippen LogP contribution in [0.15, 0.2) is 6.20 Å². The molecule has 2 heterocycles. The van der Waals surface area contributed by atoms with Crippen LogP contribution in [0.3, 0.4) is 0 Å². The van der Waals surface area contributed by atoms with Crippen LogP contribution in [0.4, 0.5) is 0 Å². The van der Waals surface area contributed by atoms with Crippen LogP contribution in [0.1, 0.15) is 16.3 Å². The second-order valence-corrected chi connectivity index (χ2v) is 7.76. The lowest BCUT2D eigenvalue weighted by atomic mass is 9.85. The number of sulfone groups is 1. The van der Waals surface area contributed by atoms with Gasteiger partial charge in [-0.25, -0.2) is 13.4 Å². The smallest absolute Gasteiger partial charge is 0.151 e. The molecule has 1 aliphatic rings. The summed E-state index contributed by atoms with van der Waals surface area (Å²) in [6.07, 6.45) is 2.70. The molecule has 6 heteroatoms. The van der Waals surface area contributed by atoms with Gasteiger partial charge in [-0.15, -0.1) is 11.3 Å². The number of aryl methyl sites for hydroxylation is 1. The molecule has 86 valence electrons. The SMILES string of the molecule is Cc1ncc(CC2(C#N)CCS(=O)(=O)C2)s1. The molecule has 1 fully saturated rings. The van der Waals surface area contributed by atoms with E-state index >= 15 is 0 Å². The predicted octanol–water partition coefficient (Wildman–Crippen LogP) is 1.32. The standard InChI is InChI=1S/C10H12N2O2S2/c1-8-12-5-9(15-8)4-10(6-11)2-3-16(13,14)7-10/h5H,2-4,7H2,1H3. The Balaban J connectivity index is 2.22. The van der Waals surface area contributed by atoms with Crippen LogP contribution in [-0.4, -0.2) is 24.9 Å². The summed E-state index contributed by atoms with van der Waals surface area (Å²) in [6, 6.07) is 2.19. The first kappa shape index (κ1) is 11.6. The van der Waals surface area contributed by atoms with Gasteiger partial charge in [0, 0.05) is 17.5 Å². The summed E-state index contributed by atoms with van der Waals surface area (Å²) in [4.78, 5) is 5.12. The summed E-state index contributed by atoms with van der Waals surface area (Å²) < 4.78 is 22.9. The molecule has 1 aromatic rings. The van der Waals surface area contributed by atoms with Gasteiger partial charge < -0.3 is 0 Å². The van der Waals surface area contributed by atoms with Gasteiger partial charge >= 0.3 is 0 Å². The van der Waals surface area contributed by atoms with Crippen LogP contribution in [0.25, 0.3) is 0 Å². The number of aromatic nitrogens is 1. The van der Waals surface area contributed by atoms with Crippen molar-refractivity contribution < 1.29 is 8.42 Å². The highest BCUT2D eigenvalue weighted by molar-refractivity contribution is 7.91. The molecule has 0 aliphatic carbocycles. The zero-order chi connectivity index (χ0) is 11.8. The van der Waals surface area contributed by atoms with Crippen molar-refractivity contribution in [3.63, 3.8) is 0 Å². The largest absolute Gasteiger partial charge is 0.250 e. The number of hydrogen-bond acceptors (Lipinski definition) is 5. The van der Waals surface area contributed by atoms with Gasteiger partial charge in [-0.3, -0.25) is 0 Å². The van der Waals surface area contributed by atoms with Crippen molar-refractivity contribution in [2.24, 2.45) is 5.41 Å². The first-order chi connectivity index (χ1) is 7.45. The lowest BCUT2D eigenvalue weighted by Crippen LogP contribution is -2.22. The summed E-state index contributed by atoms with van der Waals surface area (Å²) >= 11 is 1.53. The molecule has 0 bridgehead atoms. The molecule has 2 rings (SSSR count). The molecule has 0 amide bonds. The van der Waals surface area contributed by atoms with Crippen LogP contribution in [0, 0.1) is 23.7 Å². The second-order valence-electron chi connectivity index (χ2n) is 4.26. The third-order valence-electron chi connectivity index (χ3n) is 2.81. The van der Waals surface area contributed by atoms with E-state index in [-0.39, 0.29) is 11.5 Å². The van der Waals surface area contributed by atoms with E-state index in [2.05, 4.69) is 11.1 Å². The number of nitrogens with zero attached hydrogens (tertiary/aromatic N) is 2. The molecule has 1 aliphatic heterocycles. The number of rotatable bonds is 2. The lowest BCUT2D eigenvalue weighted by molar-refractivity contribution is 0.454. The van der Waals surface area contributed by atoms with E-state index in [9.17, 15) is 13.7 Å². The third kappa shape index (κ3) is 2.25. The quantitative estimate of drug-likeness (QED) is 0.800. The molecule has 0 saturated carbocycles. The Morgan fingerprint density at radius 2 is 2.44 bits per heavy atom. The van der Waals surface area contributed by atoms with Crippen LogP contribution < -0.4 is 0 Å². The number of hydrogen-bond donors (Lipinski definition) is 0. The second kappa shape index (κ2) is 3.82. The fourth-order valence-corrected chi connectivity index (χ4v) is 4.94. The van der Waals surface area contributed by atoms with E-state index in [1.807, 2.05) is 6.92 Å². The summed E-state index contributed by atoms with van der Waals surface area (Å²) in [6.45, 7) is 1.90. The van der Waals surface area contributed by atoms with Crippen molar-refractivity contribution >= 4 is 21.2 Å². The molecule has 1 aromatic heterocycles. The number of thiazole rings is 1. The summed E-state index contributed by atoms with van der Waals surface area (Å²) in [5.41, 5.74) is -0.724. The molecule has 1 atom stereocenters. The minimum Gasteiger partial charge on any atom is -0.250 e. The zero-order valence-electron chi connectivity index (χ0n) is 8.93. The van der Waals surface area contributed by atoms with E-state index in [1.54, 1.807) is 6.20 Å². The summed E-state index contributed by atoms with van der Waals surface area (Å²) in [5.74, 6) is 0.131. The van der Waals surface area contributed by atoms with E-state index in [1.165, 1.54) is 11.3 Å². The fraction of sp³-hybridized carbons (Fsp3) is 0.600. The van der Waals surface area contributed by atoms with Crippen molar-refractivity contribution in [2.45, 2.75) is 19.8 Å². The molecular formula is C10H12N2O2S2. The maximum atomic E-state index is 11.4. The Morgan fingerprint density at radius 1 is 1.69 bits per heavy atom. The maximum Gasteiger partial charge on any atom is 0.151 e. The average Bonchev–Trinajstić information content (AvgIpc) is 2.72. The zero-order valence-corrected chi connectivity index (χ0v) is 10.6. The first-order valence-electron chi connectivity index (χ1n) is 4.98. The molecule has 4 nitrogen and oxygen atoms in total. The molecule has 1 unspecified atom stereocenters. The molecular weight excluding hydrogens is 244 g/mol. The fourth-order valence-electron chi connectivity index (χ4n) is 2.00. The summed E-state index contributed by atoms with van der Waals surface area (Å²) in [5, 5.41) is 10.1. The van der Waals surface area contributed by atoms with Crippen LogP contribution in [0.2, 0.25) is 0 Å². The van der Waals surface area contributed by atoms with Gasteiger partial charge in [0.1, 0.15) is 0 Å². The number of nitriles is 1. The van der Waals surface area contributed by atoms with Gasteiger partial charge in [-0.2, -0.15) is 5.26 Å². The van der Waals surface area contributed by atoms with Crippen molar-refractivity contribution in [2.75, 3.05) is 11.5 Å². The highest BCUT2D eigenvalue weighted by Gasteiger charge is 2.42. The van der Waals surface area contributed by atoms with Gasteiger partial charge in [0.05, 0.1) is 28.0 Å². The van der Waals surface area contributed by atoms with E-state index in [0.717, 1.165) is 9.88 Å². The molecule has 0 N–H and O–H groups in total. The van der Waals surface area contributed by atoms with Gasteiger partial charge in [-0.1, -0.05) is 0 Å². The Bertz CT molecular complexity index is 541. The van der Waals surface area contributed by atoms with Crippen molar-refractivity contribution in [1.29, 1.82) is 5.26 Å². The monoisotopic (exact) mass is 256 g/mol. The molecule has 0 radical (unpaired) electrons. The van der Waals surface area contributed by atoms with Crippen molar-refractivity contribution in [3.05, 3.63) is 16.1 Å². The van der Waals surface area contributed by atoms with E-state index in [4.69, 9.17) is 0 Å². The molecule has 0 aromatic carbocycles. The molecule has 16 heavy (non-hydrogen) atoms. The molecule has 0 spiro atoms. The normalized spacial score (nSPS) is 27.8. The Morgan fingerprint density at radius 3 is 2.88 bits per heavy atom. The topological polar surface area (TPSA) is 70.8 Å². The minimum atomic E-state index is -3.02. The van der Waals surface area contributed by atoms with Gasteiger partial charge in [-0.05, 0) is 13.3 Å². The molecule has 1 saturated heterocycles. The van der Waals surface area contributed by atoms with Crippen molar-refractivity contribution in [3.8, 4) is 6.07 Å². The average molecular weight is 256 g/mol. The van der Waals surface area contributed by atoms with E-state index in [0.29, 0.717) is 12.8 Å². The first-order valence-corrected chi connectivity index (χ1v) is 7.62. The minimum absolute atomic E-state index is 0.00650. The van der Waals surface area contributed by atoms with E-state index < -0.39 is 15.3 Å². The van der Waals surface area contributed by atoms with Gasteiger partial charge in [0.25, 0.3) is 0 Å². The highest BCUT2D eigenvalue weighted by Crippen LogP contribution is 2.36. The Labute approximate surface area is 98.9 Å². The maximum absolute atomic E-state index is 11.4. The highest BCUT2D eigenvalue weighted by atomic mass is 32.2. The van der Waals surface area contributed by atoms with Gasteiger partial charge in [0.2, 0.25) is 0 Å². The Kier molecular flexibility index (Phi) is 2.76. The summed E-state index contributed by atoms with van der Waals surface area (Å²) in [7, 11) is -3.02. The van der Waals surface area contributed by atoms with Gasteiger partial charge in [0.15, 0.2) is 9.84 Å². The van der Waals surface area contributed by atoms with Crippen molar-refractivity contribution in [1.82, 2.24) is 4.98 Å². The van der Waals surface area contributed by atoms with Crippen LogP contribution in [0.5, 0.6) is 0 Å². The Hall–Kier alpha value is -0.930. The van der Waals surface area contributed by atoms with Crippen LogP contribution in [-0.2, 0) is 16.3 Å². The predicted molar refractivity (Wildman–Crippen MR) is 61.9 cm³/mol. The third-order valence-corrected chi connectivity index (χ3v) is 5.54. The van der Waals surface area contributed by atoms with Crippen LogP contribution >= 0.6 is 11.3 Å². The lowest BCUT2D eigenvalue weighted by Gasteiger charge is -2.16.